The summed E-state index contributed by atoms with van der Waals surface area (Å²) in [6.07, 6.45) is 3.79. The minimum atomic E-state index is -1.00. The third-order valence-corrected chi connectivity index (χ3v) is 3.53. The summed E-state index contributed by atoms with van der Waals surface area (Å²) < 4.78 is 0. The molecule has 0 bridgehead atoms. The molecule has 1 aromatic rings. The Kier molecular flexibility index (Phi) is 3.52. The van der Waals surface area contributed by atoms with Crippen molar-refractivity contribution < 1.29 is 9.90 Å². The van der Waals surface area contributed by atoms with E-state index in [-0.39, 0.29) is 5.56 Å². The van der Waals surface area contributed by atoms with Crippen molar-refractivity contribution in [2.24, 2.45) is 5.92 Å². The molecule has 0 saturated heterocycles. The number of anilines is 1. The van der Waals surface area contributed by atoms with Crippen LogP contribution < -0.4 is 4.90 Å². The van der Waals surface area contributed by atoms with E-state index in [4.69, 9.17) is 10.4 Å². The number of rotatable bonds is 4. The van der Waals surface area contributed by atoms with E-state index in [1.165, 1.54) is 25.3 Å². The molecule has 4 nitrogen and oxygen atoms in total. The Bertz CT molecular complexity index is 501. The molecule has 0 aliphatic heterocycles. The normalized spacial score (nSPS) is 14.7. The van der Waals surface area contributed by atoms with Gasteiger partial charge in [0.25, 0.3) is 0 Å². The fraction of sp³-hybridized carbons (Fsp3) is 0.429. The van der Waals surface area contributed by atoms with Crippen LogP contribution in [-0.4, -0.2) is 24.7 Å². The van der Waals surface area contributed by atoms with Gasteiger partial charge < -0.3 is 10.0 Å². The molecule has 0 spiro atoms. The van der Waals surface area contributed by atoms with Crippen molar-refractivity contribution in [2.45, 2.75) is 19.3 Å². The fourth-order valence-corrected chi connectivity index (χ4v) is 2.25. The van der Waals surface area contributed by atoms with Crippen LogP contribution in [0.15, 0.2) is 18.2 Å². The maximum absolute atomic E-state index is 10.9. The van der Waals surface area contributed by atoms with Crippen LogP contribution in [-0.2, 0) is 0 Å². The molecular weight excluding hydrogens is 228 g/mol. The molecule has 18 heavy (non-hydrogen) atoms. The minimum absolute atomic E-state index is 0.160. The molecule has 2 rings (SSSR count). The summed E-state index contributed by atoms with van der Waals surface area (Å²) in [6, 6.07) is 6.79. The van der Waals surface area contributed by atoms with Crippen LogP contribution in [0.2, 0.25) is 0 Å². The second-order valence-corrected chi connectivity index (χ2v) is 4.83. The average Bonchev–Trinajstić information content (AvgIpc) is 2.32. The van der Waals surface area contributed by atoms with Crippen molar-refractivity contribution in [3.8, 4) is 6.07 Å². The molecule has 1 saturated carbocycles. The Balaban J connectivity index is 2.21. The number of carboxylic acid groups (broad SMARTS) is 1. The smallest absolute Gasteiger partial charge is 0.335 e. The zero-order valence-electron chi connectivity index (χ0n) is 10.4. The molecule has 0 radical (unpaired) electrons. The monoisotopic (exact) mass is 244 g/mol. The van der Waals surface area contributed by atoms with Crippen LogP contribution in [0.25, 0.3) is 0 Å². The lowest BCUT2D eigenvalue weighted by Crippen LogP contribution is -2.29. The lowest BCUT2D eigenvalue weighted by molar-refractivity contribution is 0.0697. The van der Waals surface area contributed by atoms with Gasteiger partial charge in [-0.2, -0.15) is 5.26 Å². The summed E-state index contributed by atoms with van der Waals surface area (Å²) in [5.41, 5.74) is 1.40. The molecule has 0 heterocycles. The largest absolute Gasteiger partial charge is 0.478 e. The fourth-order valence-electron chi connectivity index (χ4n) is 2.25. The Hall–Kier alpha value is -2.02. The predicted molar refractivity (Wildman–Crippen MR) is 68.7 cm³/mol. The van der Waals surface area contributed by atoms with Gasteiger partial charge in [-0.25, -0.2) is 4.79 Å². The van der Waals surface area contributed by atoms with Crippen molar-refractivity contribution in [3.63, 3.8) is 0 Å². The average molecular weight is 244 g/mol. The van der Waals surface area contributed by atoms with Gasteiger partial charge >= 0.3 is 5.97 Å². The van der Waals surface area contributed by atoms with Gasteiger partial charge in [0, 0.05) is 13.6 Å². The van der Waals surface area contributed by atoms with Crippen molar-refractivity contribution in [3.05, 3.63) is 29.3 Å². The molecule has 4 heteroatoms. The van der Waals surface area contributed by atoms with Gasteiger partial charge in [0.15, 0.2) is 0 Å². The van der Waals surface area contributed by atoms with E-state index < -0.39 is 5.97 Å². The molecule has 0 amide bonds. The zero-order chi connectivity index (χ0) is 13.1. The first kappa shape index (κ1) is 12.4. The number of carbonyl (C=O) groups is 1. The Morgan fingerprint density at radius 3 is 2.78 bits per heavy atom. The number of aromatic carboxylic acids is 1. The van der Waals surface area contributed by atoms with E-state index in [1.807, 2.05) is 11.9 Å². The van der Waals surface area contributed by atoms with E-state index in [0.717, 1.165) is 12.2 Å². The Morgan fingerprint density at radius 2 is 2.28 bits per heavy atom. The standard InChI is InChI=1S/C14H16N2O2/c1-16(9-10-3-2-4-10)13-6-5-11(14(17)18)7-12(13)8-15/h5-7,10H,2-4,9H2,1H3,(H,17,18). The molecule has 94 valence electrons. The van der Waals surface area contributed by atoms with Crippen LogP contribution >= 0.6 is 0 Å². The SMILES string of the molecule is CN(CC1CCC1)c1ccc(C(=O)O)cc1C#N. The second kappa shape index (κ2) is 5.09. The first-order valence-corrected chi connectivity index (χ1v) is 6.10. The lowest BCUT2D eigenvalue weighted by atomic mass is 9.85. The number of hydrogen-bond donors (Lipinski definition) is 1. The number of hydrogen-bond acceptors (Lipinski definition) is 3. The maximum atomic E-state index is 10.9. The van der Waals surface area contributed by atoms with Gasteiger partial charge in [-0.05, 0) is 37.0 Å². The molecule has 0 atom stereocenters. The summed E-state index contributed by atoms with van der Waals surface area (Å²) in [5.74, 6) is -0.291. The van der Waals surface area contributed by atoms with E-state index in [0.29, 0.717) is 11.5 Å². The number of carboxylic acids is 1. The molecular formula is C14H16N2O2. The maximum Gasteiger partial charge on any atom is 0.335 e. The molecule has 1 aliphatic rings. The highest BCUT2D eigenvalue weighted by molar-refractivity contribution is 5.89. The van der Waals surface area contributed by atoms with Gasteiger partial charge in [0.05, 0.1) is 16.8 Å². The van der Waals surface area contributed by atoms with Crippen LogP contribution in [0.5, 0.6) is 0 Å². The first-order valence-electron chi connectivity index (χ1n) is 6.10. The van der Waals surface area contributed by atoms with Crippen molar-refractivity contribution in [1.29, 1.82) is 5.26 Å². The van der Waals surface area contributed by atoms with Gasteiger partial charge in [0.1, 0.15) is 6.07 Å². The third kappa shape index (κ3) is 2.45. The summed E-state index contributed by atoms with van der Waals surface area (Å²) >= 11 is 0. The molecule has 1 fully saturated rings. The number of nitriles is 1. The summed E-state index contributed by atoms with van der Waals surface area (Å²) in [6.45, 7) is 0.932. The van der Waals surface area contributed by atoms with E-state index in [2.05, 4.69) is 6.07 Å². The van der Waals surface area contributed by atoms with Gasteiger partial charge in [-0.1, -0.05) is 6.42 Å². The van der Waals surface area contributed by atoms with Gasteiger partial charge in [-0.15, -0.1) is 0 Å². The molecule has 1 N–H and O–H groups in total. The highest BCUT2D eigenvalue weighted by atomic mass is 16.4. The van der Waals surface area contributed by atoms with Gasteiger partial charge in [-0.3, -0.25) is 0 Å². The van der Waals surface area contributed by atoms with Gasteiger partial charge in [0.2, 0.25) is 0 Å². The second-order valence-electron chi connectivity index (χ2n) is 4.83. The molecule has 0 aromatic heterocycles. The highest BCUT2D eigenvalue weighted by Crippen LogP contribution is 2.29. The van der Waals surface area contributed by atoms with E-state index in [9.17, 15) is 4.79 Å². The summed E-state index contributed by atoms with van der Waals surface area (Å²) in [4.78, 5) is 12.9. The zero-order valence-corrected chi connectivity index (χ0v) is 10.4. The Morgan fingerprint density at radius 1 is 1.56 bits per heavy atom. The van der Waals surface area contributed by atoms with Crippen LogP contribution in [0.3, 0.4) is 0 Å². The predicted octanol–water partition coefficient (Wildman–Crippen LogP) is 2.49. The third-order valence-electron chi connectivity index (χ3n) is 3.53. The number of nitrogens with zero attached hydrogens (tertiary/aromatic N) is 2. The van der Waals surface area contributed by atoms with Crippen molar-refractivity contribution in [1.82, 2.24) is 0 Å². The summed E-state index contributed by atoms with van der Waals surface area (Å²) in [7, 11) is 1.95. The summed E-state index contributed by atoms with van der Waals surface area (Å²) in [5, 5.41) is 18.0. The minimum Gasteiger partial charge on any atom is -0.478 e. The highest BCUT2D eigenvalue weighted by Gasteiger charge is 2.20. The first-order chi connectivity index (χ1) is 8.61. The van der Waals surface area contributed by atoms with Crippen LogP contribution in [0.4, 0.5) is 5.69 Å². The topological polar surface area (TPSA) is 64.3 Å². The van der Waals surface area contributed by atoms with Crippen LogP contribution in [0.1, 0.15) is 35.2 Å². The van der Waals surface area contributed by atoms with E-state index >= 15 is 0 Å². The van der Waals surface area contributed by atoms with Crippen molar-refractivity contribution >= 4 is 11.7 Å². The van der Waals surface area contributed by atoms with E-state index in [1.54, 1.807) is 12.1 Å². The number of benzene rings is 1. The molecule has 1 aliphatic carbocycles. The van der Waals surface area contributed by atoms with Crippen LogP contribution in [0, 0.1) is 17.2 Å². The Labute approximate surface area is 106 Å². The molecule has 1 aromatic carbocycles. The lowest BCUT2D eigenvalue weighted by Gasteiger charge is -2.31. The quantitative estimate of drug-likeness (QED) is 0.883. The molecule has 0 unspecified atom stereocenters. The van der Waals surface area contributed by atoms with Crippen molar-refractivity contribution in [2.75, 3.05) is 18.5 Å².